The van der Waals surface area contributed by atoms with E-state index in [1.807, 2.05) is 31.2 Å². The Morgan fingerprint density at radius 2 is 1.91 bits per heavy atom. The number of carbonyl (C=O) groups is 1. The number of hydrogen-bond acceptors (Lipinski definition) is 6. The number of amides is 1. The number of fused-ring (bicyclic) bond motifs is 2. The van der Waals surface area contributed by atoms with Crippen molar-refractivity contribution in [3.05, 3.63) is 71.4 Å². The quantitative estimate of drug-likeness (QED) is 0.395. The first-order chi connectivity index (χ1) is 17.0. The summed E-state index contributed by atoms with van der Waals surface area (Å²) in [6, 6.07) is 13.6. The zero-order chi connectivity index (χ0) is 24.4. The monoisotopic (exact) mass is 475 g/mol. The Bertz CT molecular complexity index is 1270. The lowest BCUT2D eigenvalue weighted by Crippen LogP contribution is -2.32. The first-order valence-corrected chi connectivity index (χ1v) is 12.5. The van der Waals surface area contributed by atoms with Crippen LogP contribution in [0.15, 0.2) is 51.3 Å². The molecule has 0 aliphatic carbocycles. The minimum Gasteiger partial charge on any atom is -0.460 e. The first kappa shape index (κ1) is 23.4. The fourth-order valence-electron chi connectivity index (χ4n) is 4.76. The highest BCUT2D eigenvalue weighted by molar-refractivity contribution is 5.91. The van der Waals surface area contributed by atoms with Crippen LogP contribution < -0.4 is 5.32 Å². The summed E-state index contributed by atoms with van der Waals surface area (Å²) < 4.78 is 13.9. The van der Waals surface area contributed by atoms with Crippen molar-refractivity contribution >= 4 is 16.9 Å². The Labute approximate surface area is 205 Å². The molecule has 4 aromatic rings. The number of nitrogens with zero attached hydrogens (tertiary/aromatic N) is 4. The fraction of sp³-hybridized carbons (Fsp3) is 0.444. The van der Waals surface area contributed by atoms with Gasteiger partial charge in [-0.3, -0.25) is 9.69 Å². The maximum Gasteiger partial charge on any atom is 0.287 e. The van der Waals surface area contributed by atoms with E-state index in [2.05, 4.69) is 51.0 Å². The van der Waals surface area contributed by atoms with Crippen molar-refractivity contribution in [1.29, 1.82) is 0 Å². The van der Waals surface area contributed by atoms with Crippen LogP contribution in [0.3, 0.4) is 0 Å². The van der Waals surface area contributed by atoms with Crippen molar-refractivity contribution in [2.45, 2.75) is 59.2 Å². The van der Waals surface area contributed by atoms with Gasteiger partial charge in [-0.2, -0.15) is 0 Å². The molecule has 1 aliphatic heterocycles. The van der Waals surface area contributed by atoms with Gasteiger partial charge in [0.2, 0.25) is 0 Å². The van der Waals surface area contributed by atoms with E-state index in [1.54, 1.807) is 6.07 Å². The number of para-hydroxylation sites is 1. The molecule has 1 atom stereocenters. The van der Waals surface area contributed by atoms with Gasteiger partial charge in [-0.25, -0.2) is 0 Å². The molecule has 8 nitrogen and oxygen atoms in total. The Hall–Kier alpha value is -3.39. The molecule has 1 unspecified atom stereocenters. The van der Waals surface area contributed by atoms with Crippen LogP contribution in [-0.2, 0) is 25.9 Å². The minimum atomic E-state index is -0.235. The average molecular weight is 476 g/mol. The first-order valence-electron chi connectivity index (χ1n) is 12.5. The van der Waals surface area contributed by atoms with E-state index in [9.17, 15) is 4.79 Å². The zero-order valence-electron chi connectivity index (χ0n) is 20.7. The average Bonchev–Trinajstić information content (AvgIpc) is 3.55. The summed E-state index contributed by atoms with van der Waals surface area (Å²) in [6.07, 6.45) is 2.33. The Balaban J connectivity index is 1.30. The van der Waals surface area contributed by atoms with E-state index in [-0.39, 0.29) is 11.9 Å². The van der Waals surface area contributed by atoms with E-state index in [1.165, 1.54) is 0 Å². The molecule has 184 valence electrons. The summed E-state index contributed by atoms with van der Waals surface area (Å²) >= 11 is 0. The number of benzene rings is 1. The van der Waals surface area contributed by atoms with Crippen LogP contribution in [0.2, 0.25) is 0 Å². The highest BCUT2D eigenvalue weighted by Gasteiger charge is 2.27. The molecule has 1 N–H and O–H groups in total. The van der Waals surface area contributed by atoms with Gasteiger partial charge in [-0.1, -0.05) is 39.0 Å². The number of rotatable bonds is 8. The lowest BCUT2D eigenvalue weighted by atomic mass is 10.0. The van der Waals surface area contributed by atoms with Gasteiger partial charge in [0, 0.05) is 37.9 Å². The predicted molar refractivity (Wildman–Crippen MR) is 133 cm³/mol. The van der Waals surface area contributed by atoms with Gasteiger partial charge in [0.05, 0.1) is 12.6 Å². The Morgan fingerprint density at radius 3 is 2.69 bits per heavy atom. The van der Waals surface area contributed by atoms with Crippen LogP contribution in [-0.4, -0.2) is 38.7 Å². The molecular weight excluding hydrogens is 442 g/mol. The standard InChI is InChI=1S/C27H33N5O3/c1-4-20-9-10-24(34-20)27(33)28-22(15-18(2)3)26-30-29-25-11-12-31(13-14-32(25)26)17-21-16-19-7-5-6-8-23(19)35-21/h5-10,16,18,22H,4,11-15,17H2,1-3H3,(H,28,33). The number of carbonyl (C=O) groups excluding carboxylic acids is 1. The summed E-state index contributed by atoms with van der Waals surface area (Å²) in [6.45, 7) is 9.56. The van der Waals surface area contributed by atoms with Crippen molar-refractivity contribution in [2.75, 3.05) is 13.1 Å². The van der Waals surface area contributed by atoms with Gasteiger partial charge in [-0.15, -0.1) is 10.2 Å². The number of aromatic nitrogens is 3. The molecule has 35 heavy (non-hydrogen) atoms. The van der Waals surface area contributed by atoms with Gasteiger partial charge < -0.3 is 18.7 Å². The highest BCUT2D eigenvalue weighted by Crippen LogP contribution is 2.25. The molecule has 0 bridgehead atoms. The fourth-order valence-corrected chi connectivity index (χ4v) is 4.76. The number of furan rings is 2. The van der Waals surface area contributed by atoms with E-state index in [0.29, 0.717) is 11.7 Å². The van der Waals surface area contributed by atoms with E-state index < -0.39 is 0 Å². The molecule has 3 aromatic heterocycles. The van der Waals surface area contributed by atoms with Crippen LogP contribution >= 0.6 is 0 Å². The third-order valence-corrected chi connectivity index (χ3v) is 6.56. The second kappa shape index (κ2) is 10.1. The summed E-state index contributed by atoms with van der Waals surface area (Å²) in [5.41, 5.74) is 0.923. The zero-order valence-corrected chi connectivity index (χ0v) is 20.7. The van der Waals surface area contributed by atoms with Gasteiger partial charge in [-0.05, 0) is 36.6 Å². The molecule has 1 aromatic carbocycles. The molecule has 1 aliphatic rings. The predicted octanol–water partition coefficient (Wildman–Crippen LogP) is 4.76. The second-order valence-corrected chi connectivity index (χ2v) is 9.68. The van der Waals surface area contributed by atoms with Crippen LogP contribution in [0.4, 0.5) is 0 Å². The largest absolute Gasteiger partial charge is 0.460 e. The normalized spacial score (nSPS) is 15.3. The maximum absolute atomic E-state index is 12.9. The molecule has 8 heteroatoms. The number of aryl methyl sites for hydroxylation is 1. The van der Waals surface area contributed by atoms with E-state index in [4.69, 9.17) is 8.83 Å². The van der Waals surface area contributed by atoms with Crippen LogP contribution in [0, 0.1) is 5.92 Å². The van der Waals surface area contributed by atoms with Gasteiger partial charge in [0.15, 0.2) is 11.6 Å². The second-order valence-electron chi connectivity index (χ2n) is 9.68. The Morgan fingerprint density at radius 1 is 1.06 bits per heavy atom. The third-order valence-electron chi connectivity index (χ3n) is 6.56. The molecular formula is C27H33N5O3. The number of nitrogens with one attached hydrogen (secondary N) is 1. The third kappa shape index (κ3) is 5.17. The van der Waals surface area contributed by atoms with E-state index in [0.717, 1.165) is 79.6 Å². The highest BCUT2D eigenvalue weighted by atomic mass is 16.4. The van der Waals surface area contributed by atoms with Crippen LogP contribution in [0.25, 0.3) is 11.0 Å². The smallest absolute Gasteiger partial charge is 0.287 e. The van der Waals surface area contributed by atoms with Crippen molar-refractivity contribution in [1.82, 2.24) is 25.0 Å². The van der Waals surface area contributed by atoms with E-state index >= 15 is 0 Å². The van der Waals surface area contributed by atoms with Gasteiger partial charge in [0.25, 0.3) is 5.91 Å². The molecule has 5 rings (SSSR count). The van der Waals surface area contributed by atoms with Gasteiger partial charge in [0.1, 0.15) is 22.9 Å². The molecule has 0 saturated heterocycles. The van der Waals surface area contributed by atoms with Crippen LogP contribution in [0.1, 0.15) is 67.0 Å². The molecule has 4 heterocycles. The SMILES string of the molecule is CCc1ccc(C(=O)NC(CC(C)C)c2nnc3n2CCN(Cc2cc4ccccc4o2)CC3)o1. The molecule has 1 amide bonds. The summed E-state index contributed by atoms with van der Waals surface area (Å²) in [4.78, 5) is 15.3. The number of hydrogen-bond donors (Lipinski definition) is 1. The van der Waals surface area contributed by atoms with Crippen molar-refractivity contribution in [3.63, 3.8) is 0 Å². The molecule has 0 saturated carbocycles. The molecule has 0 spiro atoms. The summed E-state index contributed by atoms with van der Waals surface area (Å²) in [7, 11) is 0. The molecule has 0 radical (unpaired) electrons. The topological polar surface area (TPSA) is 89.3 Å². The maximum atomic E-state index is 12.9. The summed E-state index contributed by atoms with van der Waals surface area (Å²) in [5.74, 6) is 4.05. The van der Waals surface area contributed by atoms with Crippen molar-refractivity contribution < 1.29 is 13.6 Å². The van der Waals surface area contributed by atoms with Gasteiger partial charge >= 0.3 is 0 Å². The minimum absolute atomic E-state index is 0.215. The van der Waals surface area contributed by atoms with Crippen molar-refractivity contribution in [3.8, 4) is 0 Å². The summed E-state index contributed by atoms with van der Waals surface area (Å²) in [5, 5.41) is 13.3. The Kier molecular flexibility index (Phi) is 6.72. The lowest BCUT2D eigenvalue weighted by molar-refractivity contribution is 0.0899. The lowest BCUT2D eigenvalue weighted by Gasteiger charge is -2.21. The van der Waals surface area contributed by atoms with Crippen molar-refractivity contribution in [2.24, 2.45) is 5.92 Å². The molecule has 0 fully saturated rings. The van der Waals surface area contributed by atoms with Crippen LogP contribution in [0.5, 0.6) is 0 Å².